The van der Waals surface area contributed by atoms with E-state index in [4.69, 9.17) is 5.73 Å². The predicted octanol–water partition coefficient (Wildman–Crippen LogP) is 3.04. The average Bonchev–Trinajstić information content (AvgIpc) is 2.60. The fraction of sp³-hybridized carbons (Fsp3) is 0.316. The number of rotatable bonds is 7. The molecule has 0 saturated carbocycles. The van der Waals surface area contributed by atoms with Crippen molar-refractivity contribution in [1.82, 2.24) is 5.32 Å². The molecule has 25 heavy (non-hydrogen) atoms. The molecule has 2 aromatic carbocycles. The van der Waals surface area contributed by atoms with Gasteiger partial charge in [0.1, 0.15) is 0 Å². The minimum atomic E-state index is -0.522. The molecule has 2 rings (SSSR count). The maximum Gasteiger partial charge on any atom is 0.237 e. The van der Waals surface area contributed by atoms with E-state index in [1.54, 1.807) is 0 Å². The standard InChI is InChI=1S/C19H25N3O.2ClH/c1-15(22(2)17-11-7-4-8-12-17)14-21-19(23)18(20)13-16-9-5-3-6-10-16;;/h3-12,15,18H,13-14,20H2,1-2H3,(H,21,23);2*1H. The zero-order chi connectivity index (χ0) is 16.7. The van der Waals surface area contributed by atoms with Gasteiger partial charge in [-0.15, -0.1) is 24.8 Å². The largest absolute Gasteiger partial charge is 0.370 e. The minimum absolute atomic E-state index is 0. The molecule has 6 heteroatoms. The van der Waals surface area contributed by atoms with Crippen LogP contribution in [0.25, 0.3) is 0 Å². The number of carbonyl (C=O) groups excluding carboxylic acids is 1. The first-order valence-electron chi connectivity index (χ1n) is 7.93. The number of hydrogen-bond acceptors (Lipinski definition) is 3. The molecule has 0 spiro atoms. The van der Waals surface area contributed by atoms with Gasteiger partial charge in [0.05, 0.1) is 6.04 Å². The minimum Gasteiger partial charge on any atom is -0.370 e. The maximum absolute atomic E-state index is 12.2. The van der Waals surface area contributed by atoms with Crippen molar-refractivity contribution in [3.8, 4) is 0 Å². The molecule has 3 N–H and O–H groups in total. The van der Waals surface area contributed by atoms with E-state index < -0.39 is 6.04 Å². The molecular weight excluding hydrogens is 357 g/mol. The predicted molar refractivity (Wildman–Crippen MR) is 110 cm³/mol. The zero-order valence-electron chi connectivity index (χ0n) is 14.6. The molecule has 0 aromatic heterocycles. The molecule has 4 nitrogen and oxygen atoms in total. The van der Waals surface area contributed by atoms with Crippen LogP contribution in [0.5, 0.6) is 0 Å². The highest BCUT2D eigenvalue weighted by Crippen LogP contribution is 2.13. The zero-order valence-corrected chi connectivity index (χ0v) is 16.2. The summed E-state index contributed by atoms with van der Waals surface area (Å²) in [5, 5.41) is 2.95. The van der Waals surface area contributed by atoms with Gasteiger partial charge in [0.15, 0.2) is 0 Å². The average molecular weight is 384 g/mol. The first kappa shape index (κ1) is 23.2. The Morgan fingerprint density at radius 3 is 2.12 bits per heavy atom. The van der Waals surface area contributed by atoms with Gasteiger partial charge in [-0.3, -0.25) is 4.79 Å². The summed E-state index contributed by atoms with van der Waals surface area (Å²) in [4.78, 5) is 14.3. The van der Waals surface area contributed by atoms with Crippen molar-refractivity contribution in [2.75, 3.05) is 18.5 Å². The van der Waals surface area contributed by atoms with Crippen LogP contribution in [0.4, 0.5) is 5.69 Å². The third-order valence-corrected chi connectivity index (χ3v) is 4.03. The van der Waals surface area contributed by atoms with Crippen LogP contribution < -0.4 is 16.0 Å². The molecular formula is C19H27Cl2N3O. The number of para-hydroxylation sites is 1. The van der Waals surface area contributed by atoms with Crippen LogP contribution in [0.1, 0.15) is 12.5 Å². The third-order valence-electron chi connectivity index (χ3n) is 4.03. The van der Waals surface area contributed by atoms with Gasteiger partial charge in [-0.2, -0.15) is 0 Å². The molecule has 0 bridgehead atoms. The topological polar surface area (TPSA) is 58.4 Å². The van der Waals surface area contributed by atoms with Crippen molar-refractivity contribution in [3.63, 3.8) is 0 Å². The van der Waals surface area contributed by atoms with Crippen molar-refractivity contribution in [1.29, 1.82) is 0 Å². The molecule has 0 aliphatic heterocycles. The number of benzene rings is 2. The fourth-order valence-corrected chi connectivity index (χ4v) is 2.39. The lowest BCUT2D eigenvalue weighted by Crippen LogP contribution is -2.47. The van der Waals surface area contributed by atoms with E-state index in [1.165, 1.54) is 0 Å². The lowest BCUT2D eigenvalue weighted by molar-refractivity contribution is -0.122. The number of nitrogens with one attached hydrogen (secondary N) is 1. The van der Waals surface area contributed by atoms with Crippen LogP contribution in [-0.2, 0) is 11.2 Å². The summed E-state index contributed by atoms with van der Waals surface area (Å²) in [7, 11) is 2.02. The maximum atomic E-state index is 12.2. The van der Waals surface area contributed by atoms with E-state index in [-0.39, 0.29) is 36.8 Å². The third kappa shape index (κ3) is 7.34. The molecule has 2 aromatic rings. The van der Waals surface area contributed by atoms with Crippen molar-refractivity contribution < 1.29 is 4.79 Å². The number of halogens is 2. The smallest absolute Gasteiger partial charge is 0.237 e. The second-order valence-corrected chi connectivity index (χ2v) is 5.84. The summed E-state index contributed by atoms with van der Waals surface area (Å²) >= 11 is 0. The molecule has 0 fully saturated rings. The van der Waals surface area contributed by atoms with E-state index in [2.05, 4.69) is 29.3 Å². The Labute approximate surface area is 162 Å². The van der Waals surface area contributed by atoms with E-state index in [0.717, 1.165) is 11.3 Å². The molecule has 2 unspecified atom stereocenters. The Hall–Kier alpha value is -1.75. The summed E-state index contributed by atoms with van der Waals surface area (Å²) in [6, 6.07) is 19.6. The lowest BCUT2D eigenvalue weighted by Gasteiger charge is -2.27. The fourth-order valence-electron chi connectivity index (χ4n) is 2.39. The van der Waals surface area contributed by atoms with Crippen LogP contribution in [-0.4, -0.2) is 31.6 Å². The van der Waals surface area contributed by atoms with Gasteiger partial charge in [-0.25, -0.2) is 0 Å². The second kappa shape index (κ2) is 11.7. The van der Waals surface area contributed by atoms with Gasteiger partial charge in [0, 0.05) is 25.3 Å². The number of hydrogen-bond donors (Lipinski definition) is 2. The quantitative estimate of drug-likeness (QED) is 0.772. The van der Waals surface area contributed by atoms with Crippen LogP contribution >= 0.6 is 24.8 Å². The summed E-state index contributed by atoms with van der Waals surface area (Å²) in [6.45, 7) is 2.64. The van der Waals surface area contributed by atoms with E-state index in [1.807, 2.05) is 55.6 Å². The highest BCUT2D eigenvalue weighted by Gasteiger charge is 2.16. The monoisotopic (exact) mass is 383 g/mol. The molecule has 0 heterocycles. The number of carbonyl (C=O) groups is 1. The summed E-state index contributed by atoms with van der Waals surface area (Å²) in [5.41, 5.74) is 8.20. The normalized spacial score (nSPS) is 12.1. The number of anilines is 1. The number of nitrogens with zero attached hydrogens (tertiary/aromatic N) is 1. The Morgan fingerprint density at radius 1 is 1.04 bits per heavy atom. The molecule has 1 amide bonds. The van der Waals surface area contributed by atoms with Crippen LogP contribution in [0.15, 0.2) is 60.7 Å². The van der Waals surface area contributed by atoms with Gasteiger partial charge >= 0.3 is 0 Å². The van der Waals surface area contributed by atoms with E-state index >= 15 is 0 Å². The van der Waals surface area contributed by atoms with Gasteiger partial charge in [-0.05, 0) is 31.0 Å². The SMILES string of the molecule is CC(CNC(=O)C(N)Cc1ccccc1)N(C)c1ccccc1.Cl.Cl. The number of amides is 1. The van der Waals surface area contributed by atoms with Gasteiger partial charge < -0.3 is 16.0 Å². The summed E-state index contributed by atoms with van der Waals surface area (Å²) in [5.74, 6) is -0.109. The van der Waals surface area contributed by atoms with Crippen molar-refractivity contribution in [2.45, 2.75) is 25.4 Å². The van der Waals surface area contributed by atoms with Gasteiger partial charge in [0.25, 0.3) is 0 Å². The van der Waals surface area contributed by atoms with Crippen molar-refractivity contribution in [2.24, 2.45) is 5.73 Å². The number of nitrogens with two attached hydrogens (primary N) is 1. The first-order chi connectivity index (χ1) is 11.1. The van der Waals surface area contributed by atoms with Crippen molar-refractivity contribution >= 4 is 36.4 Å². The van der Waals surface area contributed by atoms with Crippen LogP contribution in [0.2, 0.25) is 0 Å². The molecule has 0 aliphatic rings. The van der Waals surface area contributed by atoms with Crippen LogP contribution in [0, 0.1) is 0 Å². The molecule has 0 saturated heterocycles. The molecule has 0 aliphatic carbocycles. The highest BCUT2D eigenvalue weighted by molar-refractivity contribution is 5.85. The Balaban J connectivity index is 0.00000288. The highest BCUT2D eigenvalue weighted by atomic mass is 35.5. The molecule has 2 atom stereocenters. The van der Waals surface area contributed by atoms with E-state index in [0.29, 0.717) is 13.0 Å². The summed E-state index contributed by atoms with van der Waals surface area (Å²) < 4.78 is 0. The second-order valence-electron chi connectivity index (χ2n) is 5.84. The van der Waals surface area contributed by atoms with Crippen LogP contribution in [0.3, 0.4) is 0 Å². The molecule has 0 radical (unpaired) electrons. The first-order valence-corrected chi connectivity index (χ1v) is 7.93. The van der Waals surface area contributed by atoms with Gasteiger partial charge in [0.2, 0.25) is 5.91 Å². The van der Waals surface area contributed by atoms with Gasteiger partial charge in [-0.1, -0.05) is 48.5 Å². The summed E-state index contributed by atoms with van der Waals surface area (Å²) in [6.07, 6.45) is 0.551. The van der Waals surface area contributed by atoms with Crippen molar-refractivity contribution in [3.05, 3.63) is 66.2 Å². The lowest BCUT2D eigenvalue weighted by atomic mass is 10.1. The van der Waals surface area contributed by atoms with E-state index in [9.17, 15) is 4.79 Å². The molecule has 138 valence electrons. The Morgan fingerprint density at radius 2 is 1.56 bits per heavy atom. The number of likely N-dealkylation sites (N-methyl/N-ethyl adjacent to an activating group) is 1. The Kier molecular flexibility index (Phi) is 10.9. The Bertz CT molecular complexity index is 611.